The smallest absolute Gasteiger partial charge is 0.271 e. The lowest BCUT2D eigenvalue weighted by Gasteiger charge is -2.16. The van der Waals surface area contributed by atoms with Gasteiger partial charge in [0.1, 0.15) is 0 Å². The standard InChI is InChI=1S/C11H10BrF2N/c1-6-9(11(2,13)14)8(12)5-7-3-4-15-10(6)7/h3-5,15H,1-2H3. The van der Waals surface area contributed by atoms with Crippen molar-refractivity contribution in [3.63, 3.8) is 0 Å². The number of nitrogens with one attached hydrogen (secondary N) is 1. The largest absolute Gasteiger partial charge is 0.361 e. The van der Waals surface area contributed by atoms with E-state index in [9.17, 15) is 8.78 Å². The maximum atomic E-state index is 13.4. The Bertz CT molecular complexity index is 511. The number of rotatable bonds is 1. The average molecular weight is 274 g/mol. The van der Waals surface area contributed by atoms with E-state index in [1.54, 1.807) is 19.2 Å². The summed E-state index contributed by atoms with van der Waals surface area (Å²) in [5.41, 5.74) is 1.42. The van der Waals surface area contributed by atoms with Crippen LogP contribution in [0.25, 0.3) is 10.9 Å². The van der Waals surface area contributed by atoms with Crippen LogP contribution in [0.15, 0.2) is 22.8 Å². The topological polar surface area (TPSA) is 15.8 Å². The minimum absolute atomic E-state index is 0.0532. The molecular formula is C11H10BrF2N. The van der Waals surface area contributed by atoms with Crippen molar-refractivity contribution in [3.8, 4) is 0 Å². The predicted octanol–water partition coefficient (Wildman–Crippen LogP) is 4.35. The molecule has 15 heavy (non-hydrogen) atoms. The van der Waals surface area contributed by atoms with Crippen LogP contribution in [0.4, 0.5) is 8.78 Å². The van der Waals surface area contributed by atoms with Crippen molar-refractivity contribution in [1.29, 1.82) is 0 Å². The highest BCUT2D eigenvalue weighted by molar-refractivity contribution is 9.10. The van der Waals surface area contributed by atoms with E-state index in [1.165, 1.54) is 0 Å². The number of hydrogen-bond donors (Lipinski definition) is 1. The summed E-state index contributed by atoms with van der Waals surface area (Å²) < 4.78 is 27.2. The van der Waals surface area contributed by atoms with Crippen molar-refractivity contribution in [2.75, 3.05) is 0 Å². The Morgan fingerprint density at radius 1 is 1.40 bits per heavy atom. The molecule has 0 unspecified atom stereocenters. The molecule has 0 saturated heterocycles. The zero-order valence-corrected chi connectivity index (χ0v) is 9.95. The molecule has 80 valence electrons. The van der Waals surface area contributed by atoms with Crippen molar-refractivity contribution in [3.05, 3.63) is 33.9 Å². The highest BCUT2D eigenvalue weighted by Crippen LogP contribution is 2.38. The molecule has 1 nitrogen and oxygen atoms in total. The van der Waals surface area contributed by atoms with Crippen LogP contribution < -0.4 is 0 Å². The molecule has 1 N–H and O–H groups in total. The zero-order chi connectivity index (χ0) is 11.2. The summed E-state index contributed by atoms with van der Waals surface area (Å²) in [4.78, 5) is 2.97. The summed E-state index contributed by atoms with van der Waals surface area (Å²) in [6.45, 7) is 2.62. The van der Waals surface area contributed by atoms with E-state index in [0.29, 0.717) is 10.0 Å². The van der Waals surface area contributed by atoms with Crippen LogP contribution >= 0.6 is 15.9 Å². The molecular weight excluding hydrogens is 264 g/mol. The molecule has 0 bridgehead atoms. The first-order valence-corrected chi connectivity index (χ1v) is 5.35. The van der Waals surface area contributed by atoms with E-state index in [4.69, 9.17) is 0 Å². The number of hydrogen-bond acceptors (Lipinski definition) is 0. The van der Waals surface area contributed by atoms with Gasteiger partial charge in [0, 0.05) is 34.1 Å². The van der Waals surface area contributed by atoms with Gasteiger partial charge in [0.05, 0.1) is 0 Å². The molecule has 0 aliphatic carbocycles. The van der Waals surface area contributed by atoms with Gasteiger partial charge in [0.2, 0.25) is 0 Å². The van der Waals surface area contributed by atoms with Crippen LogP contribution in [0.5, 0.6) is 0 Å². The summed E-state index contributed by atoms with van der Waals surface area (Å²) in [5, 5.41) is 0.937. The molecule has 1 aromatic heterocycles. The van der Waals surface area contributed by atoms with Crippen LogP contribution in [0.2, 0.25) is 0 Å². The number of aryl methyl sites for hydroxylation is 1. The molecule has 0 fully saturated rings. The van der Waals surface area contributed by atoms with Crippen LogP contribution in [-0.4, -0.2) is 4.98 Å². The Balaban J connectivity index is 2.84. The normalized spacial score (nSPS) is 12.3. The predicted molar refractivity (Wildman–Crippen MR) is 60.3 cm³/mol. The van der Waals surface area contributed by atoms with Crippen molar-refractivity contribution < 1.29 is 8.78 Å². The quantitative estimate of drug-likeness (QED) is 0.795. The van der Waals surface area contributed by atoms with Gasteiger partial charge < -0.3 is 4.98 Å². The van der Waals surface area contributed by atoms with Gasteiger partial charge in [-0.05, 0) is 24.6 Å². The van der Waals surface area contributed by atoms with E-state index < -0.39 is 5.92 Å². The van der Waals surface area contributed by atoms with Gasteiger partial charge in [-0.25, -0.2) is 8.78 Å². The van der Waals surface area contributed by atoms with E-state index in [-0.39, 0.29) is 5.56 Å². The Hall–Kier alpha value is -0.900. The third kappa shape index (κ3) is 1.67. The number of aromatic amines is 1. The lowest BCUT2D eigenvalue weighted by atomic mass is 10.0. The Labute approximate surface area is 94.6 Å². The monoisotopic (exact) mass is 273 g/mol. The van der Waals surface area contributed by atoms with Crippen molar-refractivity contribution in [1.82, 2.24) is 4.98 Å². The molecule has 0 radical (unpaired) electrons. The highest BCUT2D eigenvalue weighted by Gasteiger charge is 2.30. The minimum atomic E-state index is -2.83. The lowest BCUT2D eigenvalue weighted by molar-refractivity contribution is 0.0162. The summed E-state index contributed by atoms with van der Waals surface area (Å²) in [6.07, 6.45) is 1.75. The van der Waals surface area contributed by atoms with E-state index in [1.807, 2.05) is 6.07 Å². The number of alkyl halides is 2. The average Bonchev–Trinajstić information content (AvgIpc) is 2.48. The van der Waals surface area contributed by atoms with Crippen LogP contribution in [-0.2, 0) is 5.92 Å². The lowest BCUT2D eigenvalue weighted by Crippen LogP contribution is -2.10. The SMILES string of the molecule is Cc1c(C(C)(F)F)c(Br)cc2cc[nH]c12. The summed E-state index contributed by atoms with van der Waals surface area (Å²) in [6, 6.07) is 3.58. The van der Waals surface area contributed by atoms with Gasteiger partial charge in [-0.15, -0.1) is 0 Å². The zero-order valence-electron chi connectivity index (χ0n) is 8.37. The Kier molecular flexibility index (Phi) is 2.34. The van der Waals surface area contributed by atoms with Gasteiger partial charge in [0.25, 0.3) is 5.92 Å². The first-order valence-electron chi connectivity index (χ1n) is 4.55. The second-order valence-electron chi connectivity index (χ2n) is 3.69. The van der Waals surface area contributed by atoms with Crippen LogP contribution in [0.1, 0.15) is 18.1 Å². The molecule has 2 aromatic rings. The van der Waals surface area contributed by atoms with Gasteiger partial charge in [0.15, 0.2) is 0 Å². The molecule has 4 heteroatoms. The van der Waals surface area contributed by atoms with Crippen molar-refractivity contribution in [2.45, 2.75) is 19.8 Å². The molecule has 0 aliphatic rings. The first kappa shape index (κ1) is 10.6. The van der Waals surface area contributed by atoms with Gasteiger partial charge in [-0.1, -0.05) is 15.9 Å². The Morgan fingerprint density at radius 2 is 2.07 bits per heavy atom. The van der Waals surface area contributed by atoms with E-state index in [0.717, 1.165) is 17.8 Å². The fourth-order valence-corrected chi connectivity index (χ4v) is 2.77. The maximum absolute atomic E-state index is 13.4. The fraction of sp³-hybridized carbons (Fsp3) is 0.273. The van der Waals surface area contributed by atoms with Gasteiger partial charge in [-0.2, -0.15) is 0 Å². The number of H-pyrrole nitrogens is 1. The highest BCUT2D eigenvalue weighted by atomic mass is 79.9. The number of aromatic nitrogens is 1. The molecule has 0 amide bonds. The molecule has 0 saturated carbocycles. The maximum Gasteiger partial charge on any atom is 0.271 e. The third-order valence-corrected chi connectivity index (χ3v) is 3.11. The minimum Gasteiger partial charge on any atom is -0.361 e. The molecule has 1 aromatic carbocycles. The number of fused-ring (bicyclic) bond motifs is 1. The summed E-state index contributed by atoms with van der Waals surface area (Å²) in [7, 11) is 0. The number of benzene rings is 1. The molecule has 1 heterocycles. The first-order chi connectivity index (χ1) is 6.91. The van der Waals surface area contributed by atoms with E-state index in [2.05, 4.69) is 20.9 Å². The number of halogens is 3. The molecule has 0 aliphatic heterocycles. The summed E-state index contributed by atoms with van der Waals surface area (Å²) >= 11 is 3.19. The van der Waals surface area contributed by atoms with E-state index >= 15 is 0 Å². The molecule has 2 rings (SSSR count). The second kappa shape index (κ2) is 3.30. The summed E-state index contributed by atoms with van der Waals surface area (Å²) in [5.74, 6) is -2.83. The molecule has 0 atom stereocenters. The van der Waals surface area contributed by atoms with Gasteiger partial charge in [-0.3, -0.25) is 0 Å². The van der Waals surface area contributed by atoms with Crippen molar-refractivity contribution >= 4 is 26.8 Å². The van der Waals surface area contributed by atoms with Crippen molar-refractivity contribution in [2.24, 2.45) is 0 Å². The van der Waals surface area contributed by atoms with Crippen LogP contribution in [0.3, 0.4) is 0 Å². The van der Waals surface area contributed by atoms with Crippen LogP contribution in [0, 0.1) is 6.92 Å². The Morgan fingerprint density at radius 3 is 2.67 bits per heavy atom. The third-order valence-electron chi connectivity index (χ3n) is 2.49. The van der Waals surface area contributed by atoms with Gasteiger partial charge >= 0.3 is 0 Å². The second-order valence-corrected chi connectivity index (χ2v) is 4.54. The molecule has 0 spiro atoms. The fourth-order valence-electron chi connectivity index (χ4n) is 1.88.